The van der Waals surface area contributed by atoms with Gasteiger partial charge in [0.25, 0.3) is 0 Å². The zero-order valence-electron chi connectivity index (χ0n) is 13.6. The van der Waals surface area contributed by atoms with E-state index in [0.29, 0.717) is 6.42 Å². The molecule has 0 heterocycles. The predicted molar refractivity (Wildman–Crippen MR) is 84.4 cm³/mol. The van der Waals surface area contributed by atoms with Crippen LogP contribution >= 0.6 is 0 Å². The van der Waals surface area contributed by atoms with Crippen LogP contribution in [-0.4, -0.2) is 27.8 Å². The first-order valence-corrected chi connectivity index (χ1v) is 7.35. The van der Waals surface area contributed by atoms with E-state index in [-0.39, 0.29) is 18.0 Å². The predicted octanol–water partition coefficient (Wildman–Crippen LogP) is 2.96. The topological polar surface area (TPSA) is 69.6 Å². The van der Waals surface area contributed by atoms with Crippen LogP contribution < -0.4 is 5.32 Å². The van der Waals surface area contributed by atoms with Gasteiger partial charge in [-0.3, -0.25) is 4.79 Å². The van der Waals surface area contributed by atoms with E-state index in [1.54, 1.807) is 0 Å². The van der Waals surface area contributed by atoms with Crippen molar-refractivity contribution in [2.45, 2.75) is 65.1 Å². The first kappa shape index (κ1) is 17.7. The van der Waals surface area contributed by atoms with E-state index in [2.05, 4.69) is 5.32 Å². The molecule has 0 saturated heterocycles. The van der Waals surface area contributed by atoms with Crippen molar-refractivity contribution < 1.29 is 15.0 Å². The highest BCUT2D eigenvalue weighted by Crippen LogP contribution is 2.24. The summed E-state index contributed by atoms with van der Waals surface area (Å²) in [5, 5.41) is 22.8. The van der Waals surface area contributed by atoms with E-state index in [1.165, 1.54) is 5.56 Å². The molecule has 1 aromatic carbocycles. The fraction of sp³-hybridized carbons (Fsp3) is 0.588. The zero-order chi connectivity index (χ0) is 16.2. The Labute approximate surface area is 127 Å². The van der Waals surface area contributed by atoms with Gasteiger partial charge in [0.2, 0.25) is 0 Å². The molecule has 1 aromatic rings. The summed E-state index contributed by atoms with van der Waals surface area (Å²) < 4.78 is 0. The van der Waals surface area contributed by atoms with Crippen LogP contribution in [0.2, 0.25) is 0 Å². The summed E-state index contributed by atoms with van der Waals surface area (Å²) >= 11 is 0. The van der Waals surface area contributed by atoms with Gasteiger partial charge in [0, 0.05) is 18.0 Å². The van der Waals surface area contributed by atoms with Crippen LogP contribution in [0.3, 0.4) is 0 Å². The van der Waals surface area contributed by atoms with Gasteiger partial charge in [0.05, 0.1) is 6.10 Å². The third-order valence-corrected chi connectivity index (χ3v) is 3.54. The van der Waals surface area contributed by atoms with Crippen LogP contribution in [0, 0.1) is 13.8 Å². The minimum absolute atomic E-state index is 0.0374. The number of aliphatic carboxylic acids is 1. The normalized spacial score (nSPS) is 14.8. The summed E-state index contributed by atoms with van der Waals surface area (Å²) in [5.41, 5.74) is 2.94. The number of carboxylic acids is 1. The van der Waals surface area contributed by atoms with E-state index in [1.807, 2.05) is 52.8 Å². The molecule has 0 aromatic heterocycles. The van der Waals surface area contributed by atoms with Crippen molar-refractivity contribution >= 4 is 5.97 Å². The molecule has 0 aliphatic heterocycles. The van der Waals surface area contributed by atoms with Gasteiger partial charge < -0.3 is 15.5 Å². The summed E-state index contributed by atoms with van der Waals surface area (Å²) in [4.78, 5) is 10.8. The lowest BCUT2D eigenvalue weighted by Gasteiger charge is -2.32. The smallest absolute Gasteiger partial charge is 0.303 e. The average Bonchev–Trinajstić information content (AvgIpc) is 2.35. The number of aliphatic hydroxyl groups excluding tert-OH is 1. The van der Waals surface area contributed by atoms with E-state index in [4.69, 9.17) is 5.11 Å². The van der Waals surface area contributed by atoms with Gasteiger partial charge in [0.15, 0.2) is 0 Å². The second kappa shape index (κ2) is 7.05. The van der Waals surface area contributed by atoms with Crippen LogP contribution in [-0.2, 0) is 4.79 Å². The second-order valence-electron chi connectivity index (χ2n) is 6.72. The van der Waals surface area contributed by atoms with Gasteiger partial charge in [-0.2, -0.15) is 0 Å². The highest BCUT2D eigenvalue weighted by atomic mass is 16.4. The third-order valence-electron chi connectivity index (χ3n) is 3.54. The molecule has 4 heteroatoms. The van der Waals surface area contributed by atoms with Gasteiger partial charge in [-0.1, -0.05) is 18.2 Å². The number of carboxylic acid groups (broad SMARTS) is 1. The Morgan fingerprint density at radius 3 is 2.33 bits per heavy atom. The lowest BCUT2D eigenvalue weighted by Crippen LogP contribution is -2.46. The molecule has 0 aliphatic rings. The molecule has 0 saturated carbocycles. The summed E-state index contributed by atoms with van der Waals surface area (Å²) in [6.45, 7) is 10.1. The number of rotatable bonds is 6. The van der Waals surface area contributed by atoms with Gasteiger partial charge in [0.1, 0.15) is 0 Å². The lowest BCUT2D eigenvalue weighted by molar-refractivity contribution is -0.137. The first-order valence-electron chi connectivity index (χ1n) is 7.35. The standard InChI is InChI=1S/C17H27NO3/c1-11-6-7-13(10-12(11)2)16(21)14(8-9-15(19)20)18-17(3,4)5/h6-7,10,14,16,18,21H,8-9H2,1-5H3,(H,19,20). The molecule has 0 bridgehead atoms. The quantitative estimate of drug-likeness (QED) is 0.754. The fourth-order valence-electron chi connectivity index (χ4n) is 2.33. The molecular weight excluding hydrogens is 266 g/mol. The van der Waals surface area contributed by atoms with Gasteiger partial charge in [-0.25, -0.2) is 0 Å². The molecule has 0 radical (unpaired) electrons. The average molecular weight is 293 g/mol. The van der Waals surface area contributed by atoms with Crippen LogP contribution in [0.25, 0.3) is 0 Å². The van der Waals surface area contributed by atoms with E-state index in [9.17, 15) is 9.90 Å². The molecule has 0 aliphatic carbocycles. The van der Waals surface area contributed by atoms with Gasteiger partial charge in [-0.15, -0.1) is 0 Å². The minimum atomic E-state index is -0.844. The molecule has 3 N–H and O–H groups in total. The SMILES string of the molecule is Cc1ccc(C(O)C(CCC(=O)O)NC(C)(C)C)cc1C. The van der Waals surface area contributed by atoms with Crippen LogP contribution in [0.5, 0.6) is 0 Å². The number of aliphatic hydroxyl groups is 1. The molecule has 2 atom stereocenters. The highest BCUT2D eigenvalue weighted by Gasteiger charge is 2.26. The molecule has 4 nitrogen and oxygen atoms in total. The first-order chi connectivity index (χ1) is 9.60. The fourth-order valence-corrected chi connectivity index (χ4v) is 2.33. The summed E-state index contributed by atoms with van der Waals surface area (Å²) in [5.74, 6) is -0.844. The third kappa shape index (κ3) is 5.86. The molecule has 2 unspecified atom stereocenters. The van der Waals surface area contributed by atoms with E-state index >= 15 is 0 Å². The lowest BCUT2D eigenvalue weighted by atomic mass is 9.93. The summed E-state index contributed by atoms with van der Waals surface area (Å²) in [7, 11) is 0. The Morgan fingerprint density at radius 1 is 1.24 bits per heavy atom. The largest absolute Gasteiger partial charge is 0.481 e. The number of aryl methyl sites for hydroxylation is 2. The van der Waals surface area contributed by atoms with Gasteiger partial charge in [-0.05, 0) is 57.7 Å². The summed E-state index contributed by atoms with van der Waals surface area (Å²) in [6.07, 6.45) is -0.293. The molecule has 0 spiro atoms. The van der Waals surface area contributed by atoms with Crippen molar-refractivity contribution in [3.05, 3.63) is 34.9 Å². The van der Waals surface area contributed by atoms with Crippen LogP contribution in [0.4, 0.5) is 0 Å². The van der Waals surface area contributed by atoms with Crippen molar-refractivity contribution in [1.82, 2.24) is 5.32 Å². The number of hydrogen-bond acceptors (Lipinski definition) is 3. The molecule has 0 fully saturated rings. The van der Waals surface area contributed by atoms with Crippen LogP contribution in [0.15, 0.2) is 18.2 Å². The zero-order valence-corrected chi connectivity index (χ0v) is 13.6. The molecule has 1 rings (SSSR count). The molecular formula is C17H27NO3. The van der Waals surface area contributed by atoms with Crippen molar-refractivity contribution in [1.29, 1.82) is 0 Å². The Hall–Kier alpha value is -1.39. The highest BCUT2D eigenvalue weighted by molar-refractivity contribution is 5.66. The number of benzene rings is 1. The number of carbonyl (C=O) groups is 1. The van der Waals surface area contributed by atoms with Crippen LogP contribution in [0.1, 0.15) is 56.4 Å². The minimum Gasteiger partial charge on any atom is -0.481 e. The Morgan fingerprint density at radius 2 is 1.86 bits per heavy atom. The molecule has 0 amide bonds. The van der Waals surface area contributed by atoms with E-state index < -0.39 is 12.1 Å². The number of nitrogens with one attached hydrogen (secondary N) is 1. The monoisotopic (exact) mass is 293 g/mol. The maximum absolute atomic E-state index is 10.8. The maximum Gasteiger partial charge on any atom is 0.303 e. The maximum atomic E-state index is 10.8. The Bertz CT molecular complexity index is 491. The van der Waals surface area contributed by atoms with Crippen molar-refractivity contribution in [2.24, 2.45) is 0 Å². The van der Waals surface area contributed by atoms with E-state index in [0.717, 1.165) is 11.1 Å². The Balaban J connectivity index is 2.94. The van der Waals surface area contributed by atoms with Crippen molar-refractivity contribution in [2.75, 3.05) is 0 Å². The van der Waals surface area contributed by atoms with Crippen molar-refractivity contribution in [3.63, 3.8) is 0 Å². The second-order valence-corrected chi connectivity index (χ2v) is 6.72. The van der Waals surface area contributed by atoms with Gasteiger partial charge >= 0.3 is 5.97 Å². The molecule has 118 valence electrons. The van der Waals surface area contributed by atoms with Crippen molar-refractivity contribution in [3.8, 4) is 0 Å². The summed E-state index contributed by atoms with van der Waals surface area (Å²) in [6, 6.07) is 5.57. The molecule has 21 heavy (non-hydrogen) atoms. The number of hydrogen-bond donors (Lipinski definition) is 3. The Kier molecular flexibility index (Phi) is 5.93.